The largest absolute Gasteiger partial charge is 0.497 e. The van der Waals surface area contributed by atoms with Gasteiger partial charge in [-0.25, -0.2) is 13.4 Å². The molecule has 5 aromatic rings. The first kappa shape index (κ1) is 23.7. The standard InChI is InChI=1S/C26H20IN3O3S2/c1-16-12-22(30-35(31,32)21-10-4-8-19(27)14-21)24-23(17-6-3-9-20(13-17)33-2)25(34-26(24)29-16)18-7-5-11-28-15-18/h3-15H,1-2H3,(H,29,30). The number of ether oxygens (including phenoxy) is 1. The molecule has 1 N–H and O–H groups in total. The van der Waals surface area contributed by atoms with Crippen molar-refractivity contribution in [1.82, 2.24) is 9.97 Å². The molecule has 0 unspecified atom stereocenters. The van der Waals surface area contributed by atoms with Gasteiger partial charge < -0.3 is 4.74 Å². The average molecular weight is 614 g/mol. The molecule has 9 heteroatoms. The third kappa shape index (κ3) is 4.75. The second kappa shape index (κ2) is 9.56. The fourth-order valence-corrected chi connectivity index (χ4v) is 7.01. The van der Waals surface area contributed by atoms with E-state index in [0.717, 1.165) is 35.4 Å². The lowest BCUT2D eigenvalue weighted by Gasteiger charge is -2.13. The highest BCUT2D eigenvalue weighted by Crippen LogP contribution is 2.47. The molecule has 0 radical (unpaired) electrons. The molecule has 6 nitrogen and oxygen atoms in total. The number of hydrogen-bond acceptors (Lipinski definition) is 6. The monoisotopic (exact) mass is 613 g/mol. The second-order valence-corrected chi connectivity index (χ2v) is 11.8. The molecule has 0 aliphatic heterocycles. The summed E-state index contributed by atoms with van der Waals surface area (Å²) in [6.45, 7) is 1.86. The molecule has 0 fully saturated rings. The second-order valence-electron chi connectivity index (χ2n) is 7.83. The van der Waals surface area contributed by atoms with E-state index in [1.165, 1.54) is 11.3 Å². The highest BCUT2D eigenvalue weighted by atomic mass is 127. The maximum atomic E-state index is 13.4. The Labute approximate surface area is 221 Å². The van der Waals surface area contributed by atoms with Gasteiger partial charge in [0.15, 0.2) is 0 Å². The van der Waals surface area contributed by atoms with Crippen LogP contribution >= 0.6 is 33.9 Å². The van der Waals surface area contributed by atoms with Crippen molar-refractivity contribution in [1.29, 1.82) is 0 Å². The van der Waals surface area contributed by atoms with Crippen LogP contribution in [0.1, 0.15) is 5.69 Å². The van der Waals surface area contributed by atoms with Gasteiger partial charge in [-0.05, 0) is 77.5 Å². The van der Waals surface area contributed by atoms with Crippen LogP contribution in [0.15, 0.2) is 84.0 Å². The van der Waals surface area contributed by atoms with Gasteiger partial charge in [-0.1, -0.05) is 24.3 Å². The van der Waals surface area contributed by atoms with E-state index in [1.807, 2.05) is 49.4 Å². The van der Waals surface area contributed by atoms with E-state index in [9.17, 15) is 8.42 Å². The minimum absolute atomic E-state index is 0.206. The summed E-state index contributed by atoms with van der Waals surface area (Å²) >= 11 is 3.62. The zero-order valence-electron chi connectivity index (χ0n) is 18.8. The van der Waals surface area contributed by atoms with Crippen LogP contribution in [-0.2, 0) is 10.0 Å². The van der Waals surface area contributed by atoms with E-state index in [2.05, 4.69) is 32.3 Å². The summed E-state index contributed by atoms with van der Waals surface area (Å²) < 4.78 is 35.9. The summed E-state index contributed by atoms with van der Waals surface area (Å²) in [4.78, 5) is 11.0. The smallest absolute Gasteiger partial charge is 0.261 e. The minimum atomic E-state index is -3.83. The van der Waals surface area contributed by atoms with E-state index < -0.39 is 10.0 Å². The molecule has 35 heavy (non-hydrogen) atoms. The lowest BCUT2D eigenvalue weighted by atomic mass is 9.99. The lowest BCUT2D eigenvalue weighted by Crippen LogP contribution is -2.13. The molecule has 176 valence electrons. The van der Waals surface area contributed by atoms with Crippen molar-refractivity contribution in [3.63, 3.8) is 0 Å². The van der Waals surface area contributed by atoms with Crippen LogP contribution in [0.3, 0.4) is 0 Å². The van der Waals surface area contributed by atoms with Crippen molar-refractivity contribution in [3.05, 3.63) is 88.4 Å². The number of fused-ring (bicyclic) bond motifs is 1. The van der Waals surface area contributed by atoms with Gasteiger partial charge in [0, 0.05) is 43.0 Å². The zero-order chi connectivity index (χ0) is 24.6. The third-order valence-corrected chi connectivity index (χ3v) is 8.59. The fraction of sp³-hybridized carbons (Fsp3) is 0.0769. The molecule has 0 saturated heterocycles. The topological polar surface area (TPSA) is 81.2 Å². The Kier molecular flexibility index (Phi) is 6.47. The van der Waals surface area contributed by atoms with Gasteiger partial charge in [0.25, 0.3) is 10.0 Å². The van der Waals surface area contributed by atoms with E-state index in [4.69, 9.17) is 9.72 Å². The molecule has 3 heterocycles. The first-order valence-corrected chi connectivity index (χ1v) is 14.0. The van der Waals surface area contributed by atoms with E-state index in [0.29, 0.717) is 17.1 Å². The highest BCUT2D eigenvalue weighted by Gasteiger charge is 2.23. The normalized spacial score (nSPS) is 11.5. The number of halogens is 1. The summed E-state index contributed by atoms with van der Waals surface area (Å²) in [5.41, 5.74) is 3.90. The highest BCUT2D eigenvalue weighted by molar-refractivity contribution is 14.1. The Morgan fingerprint density at radius 3 is 2.54 bits per heavy atom. The first-order valence-electron chi connectivity index (χ1n) is 10.6. The number of methoxy groups -OCH3 is 1. The Morgan fingerprint density at radius 2 is 1.80 bits per heavy atom. The number of benzene rings is 2. The number of aryl methyl sites for hydroxylation is 1. The van der Waals surface area contributed by atoms with Gasteiger partial charge in [-0.3, -0.25) is 9.71 Å². The number of anilines is 1. The Balaban J connectivity index is 1.79. The van der Waals surface area contributed by atoms with Gasteiger partial charge >= 0.3 is 0 Å². The van der Waals surface area contributed by atoms with E-state index in [1.54, 1.807) is 43.8 Å². The molecule has 2 aromatic carbocycles. The summed E-state index contributed by atoms with van der Waals surface area (Å²) in [5.74, 6) is 0.708. The number of aromatic nitrogens is 2. The van der Waals surface area contributed by atoms with Crippen molar-refractivity contribution in [3.8, 4) is 27.3 Å². The zero-order valence-corrected chi connectivity index (χ0v) is 22.6. The molecule has 0 aliphatic rings. The van der Waals surface area contributed by atoms with Crippen LogP contribution in [0.25, 0.3) is 31.8 Å². The lowest BCUT2D eigenvalue weighted by molar-refractivity contribution is 0.415. The third-order valence-electron chi connectivity index (χ3n) is 5.42. The van der Waals surface area contributed by atoms with Crippen LogP contribution in [-0.4, -0.2) is 25.5 Å². The molecular formula is C26H20IN3O3S2. The molecule has 0 aliphatic carbocycles. The van der Waals surface area contributed by atoms with Gasteiger partial charge in [0.1, 0.15) is 10.6 Å². The Morgan fingerprint density at radius 1 is 1.00 bits per heavy atom. The number of nitrogens with one attached hydrogen (secondary N) is 1. The molecular weight excluding hydrogens is 593 g/mol. The summed E-state index contributed by atoms with van der Waals surface area (Å²) in [6, 6.07) is 20.2. The van der Waals surface area contributed by atoms with Crippen molar-refractivity contribution < 1.29 is 13.2 Å². The van der Waals surface area contributed by atoms with Crippen LogP contribution in [0.2, 0.25) is 0 Å². The summed E-state index contributed by atoms with van der Waals surface area (Å²) in [6.07, 6.45) is 3.53. The predicted molar refractivity (Wildman–Crippen MR) is 150 cm³/mol. The number of rotatable bonds is 6. The summed E-state index contributed by atoms with van der Waals surface area (Å²) in [7, 11) is -2.20. The van der Waals surface area contributed by atoms with Crippen LogP contribution in [0, 0.1) is 10.5 Å². The van der Waals surface area contributed by atoms with E-state index in [-0.39, 0.29) is 4.90 Å². The Hall–Kier alpha value is -3.02. The van der Waals surface area contributed by atoms with Gasteiger partial charge in [0.2, 0.25) is 0 Å². The number of thiophene rings is 1. The van der Waals surface area contributed by atoms with Gasteiger partial charge in [-0.15, -0.1) is 11.3 Å². The Bertz CT molecular complexity index is 1650. The number of hydrogen-bond donors (Lipinski definition) is 1. The van der Waals surface area contributed by atoms with Crippen LogP contribution in [0.4, 0.5) is 5.69 Å². The number of nitrogens with zero attached hydrogens (tertiary/aromatic N) is 2. The number of sulfonamides is 1. The number of pyridine rings is 2. The first-order chi connectivity index (χ1) is 16.9. The molecule has 0 atom stereocenters. The van der Waals surface area contributed by atoms with Crippen molar-refractivity contribution in [2.45, 2.75) is 11.8 Å². The molecule has 0 bridgehead atoms. The molecule has 5 rings (SSSR count). The molecule has 0 saturated carbocycles. The molecule has 0 spiro atoms. The van der Waals surface area contributed by atoms with Gasteiger partial charge in [0.05, 0.1) is 17.7 Å². The molecule has 0 amide bonds. The SMILES string of the molecule is COc1cccc(-c2c(-c3cccnc3)sc3nc(C)cc(NS(=O)(=O)c4cccc(I)c4)c23)c1. The average Bonchev–Trinajstić information content (AvgIpc) is 3.24. The molecule has 3 aromatic heterocycles. The quantitative estimate of drug-likeness (QED) is 0.215. The maximum Gasteiger partial charge on any atom is 0.261 e. The van der Waals surface area contributed by atoms with Crippen LogP contribution < -0.4 is 9.46 Å². The van der Waals surface area contributed by atoms with E-state index >= 15 is 0 Å². The maximum absolute atomic E-state index is 13.4. The van der Waals surface area contributed by atoms with Gasteiger partial charge in [-0.2, -0.15) is 0 Å². The fourth-order valence-electron chi connectivity index (χ4n) is 3.89. The van der Waals surface area contributed by atoms with Crippen molar-refractivity contribution in [2.24, 2.45) is 0 Å². The van der Waals surface area contributed by atoms with Crippen molar-refractivity contribution >= 4 is 59.9 Å². The summed E-state index contributed by atoms with van der Waals surface area (Å²) in [5, 5.41) is 0.738. The minimum Gasteiger partial charge on any atom is -0.497 e. The van der Waals surface area contributed by atoms with Crippen LogP contribution in [0.5, 0.6) is 5.75 Å². The van der Waals surface area contributed by atoms with Crippen molar-refractivity contribution in [2.75, 3.05) is 11.8 Å². The predicted octanol–water partition coefficient (Wildman–Crippen LogP) is 6.75.